The summed E-state index contributed by atoms with van der Waals surface area (Å²) >= 11 is 0. The maximum absolute atomic E-state index is 12.7. The van der Waals surface area contributed by atoms with Gasteiger partial charge in [-0.3, -0.25) is 14.7 Å². The summed E-state index contributed by atoms with van der Waals surface area (Å²) in [6, 6.07) is 38.4. The first-order valence-electron chi connectivity index (χ1n) is 14.9. The molecule has 46 heavy (non-hydrogen) atoms. The summed E-state index contributed by atoms with van der Waals surface area (Å²) < 4.78 is 14.7. The molecule has 3 heterocycles. The average Bonchev–Trinajstić information content (AvgIpc) is 3.66. The molecule has 2 aromatic heterocycles. The van der Waals surface area contributed by atoms with Gasteiger partial charge in [-0.2, -0.15) is 4.98 Å². The fraction of sp³-hybridized carbons (Fsp3) is 0.167. The normalized spacial score (nSPS) is 19.7. The number of amides is 1. The molecule has 1 fully saturated rings. The SMILES string of the molecule is O=C(Nc1ncc2ncn([C@@H]3O[C@H](COC(c4ccccc4)(c4ccccc4)c4ccccc4)[C@@H](O)[C@H]3O)c2n1)c1ccccc1. The highest BCUT2D eigenvalue weighted by atomic mass is 16.6. The van der Waals surface area contributed by atoms with Gasteiger partial charge in [0.05, 0.1) is 19.1 Å². The molecule has 10 heteroatoms. The molecule has 1 aliphatic rings. The van der Waals surface area contributed by atoms with Crippen molar-refractivity contribution in [3.63, 3.8) is 0 Å². The van der Waals surface area contributed by atoms with E-state index in [9.17, 15) is 15.0 Å². The molecule has 1 amide bonds. The molecule has 6 aromatic rings. The Hall–Kier alpha value is -5.26. The number of anilines is 1. The molecule has 0 radical (unpaired) electrons. The predicted octanol–water partition coefficient (Wildman–Crippen LogP) is 4.71. The van der Waals surface area contributed by atoms with E-state index in [2.05, 4.69) is 20.3 Å². The van der Waals surface area contributed by atoms with Crippen LogP contribution in [0.3, 0.4) is 0 Å². The smallest absolute Gasteiger partial charge is 0.258 e. The zero-order chi connectivity index (χ0) is 31.5. The van der Waals surface area contributed by atoms with E-state index < -0.39 is 30.1 Å². The van der Waals surface area contributed by atoms with Crippen LogP contribution in [0.4, 0.5) is 5.95 Å². The molecule has 7 rings (SSSR count). The van der Waals surface area contributed by atoms with Crippen LogP contribution < -0.4 is 5.32 Å². The number of benzene rings is 4. The lowest BCUT2D eigenvalue weighted by Gasteiger charge is -2.37. The second-order valence-electron chi connectivity index (χ2n) is 11.0. The van der Waals surface area contributed by atoms with Crippen molar-refractivity contribution in [1.82, 2.24) is 19.5 Å². The van der Waals surface area contributed by atoms with Gasteiger partial charge < -0.3 is 19.7 Å². The van der Waals surface area contributed by atoms with E-state index in [0.717, 1.165) is 16.7 Å². The van der Waals surface area contributed by atoms with Crippen molar-refractivity contribution >= 4 is 23.0 Å². The maximum atomic E-state index is 12.7. The van der Waals surface area contributed by atoms with Gasteiger partial charge in [-0.05, 0) is 28.8 Å². The lowest BCUT2D eigenvalue weighted by atomic mass is 9.80. The molecule has 3 N–H and O–H groups in total. The van der Waals surface area contributed by atoms with Crippen molar-refractivity contribution in [2.24, 2.45) is 0 Å². The highest BCUT2D eigenvalue weighted by Crippen LogP contribution is 2.42. The van der Waals surface area contributed by atoms with Crippen LogP contribution in [0.25, 0.3) is 11.2 Å². The van der Waals surface area contributed by atoms with Crippen LogP contribution in [-0.2, 0) is 15.1 Å². The number of fused-ring (bicyclic) bond motifs is 1. The number of aliphatic hydroxyl groups excluding tert-OH is 2. The Morgan fingerprint density at radius 2 is 1.33 bits per heavy atom. The number of aromatic nitrogens is 4. The van der Waals surface area contributed by atoms with E-state index in [1.54, 1.807) is 24.3 Å². The number of aliphatic hydroxyl groups is 2. The van der Waals surface area contributed by atoms with Crippen molar-refractivity contribution in [1.29, 1.82) is 0 Å². The van der Waals surface area contributed by atoms with E-state index in [1.165, 1.54) is 17.1 Å². The number of hydrogen-bond donors (Lipinski definition) is 3. The summed E-state index contributed by atoms with van der Waals surface area (Å²) in [6.45, 7) is -0.0482. The molecule has 4 atom stereocenters. The van der Waals surface area contributed by atoms with Gasteiger partial charge in [0.1, 0.15) is 29.4 Å². The molecule has 0 saturated carbocycles. The lowest BCUT2D eigenvalue weighted by molar-refractivity contribution is -0.0942. The highest BCUT2D eigenvalue weighted by molar-refractivity contribution is 6.03. The number of imidazole rings is 1. The maximum Gasteiger partial charge on any atom is 0.258 e. The van der Waals surface area contributed by atoms with E-state index in [-0.39, 0.29) is 18.5 Å². The van der Waals surface area contributed by atoms with Gasteiger partial charge in [-0.15, -0.1) is 0 Å². The molecule has 10 nitrogen and oxygen atoms in total. The van der Waals surface area contributed by atoms with Gasteiger partial charge >= 0.3 is 0 Å². The van der Waals surface area contributed by atoms with Crippen LogP contribution in [-0.4, -0.2) is 60.6 Å². The number of rotatable bonds is 9. The third-order valence-corrected chi connectivity index (χ3v) is 8.19. The quantitative estimate of drug-likeness (QED) is 0.200. The van der Waals surface area contributed by atoms with Gasteiger partial charge in [-0.1, -0.05) is 109 Å². The van der Waals surface area contributed by atoms with Crippen molar-refractivity contribution in [3.05, 3.63) is 156 Å². The Labute approximate surface area is 264 Å². The van der Waals surface area contributed by atoms with Crippen molar-refractivity contribution < 1.29 is 24.5 Å². The molecule has 230 valence electrons. The van der Waals surface area contributed by atoms with Gasteiger partial charge in [-0.25, -0.2) is 9.97 Å². The minimum Gasteiger partial charge on any atom is -0.387 e. The summed E-state index contributed by atoms with van der Waals surface area (Å²) in [5.41, 5.74) is 2.88. The van der Waals surface area contributed by atoms with Gasteiger partial charge in [0.15, 0.2) is 11.9 Å². The monoisotopic (exact) mass is 613 g/mol. The zero-order valence-electron chi connectivity index (χ0n) is 24.6. The van der Waals surface area contributed by atoms with E-state index >= 15 is 0 Å². The third-order valence-electron chi connectivity index (χ3n) is 8.19. The summed E-state index contributed by atoms with van der Waals surface area (Å²) in [5, 5.41) is 25.1. The third kappa shape index (κ3) is 5.44. The van der Waals surface area contributed by atoms with E-state index in [4.69, 9.17) is 9.47 Å². The second kappa shape index (κ2) is 12.6. The fourth-order valence-corrected chi connectivity index (χ4v) is 5.91. The summed E-state index contributed by atoms with van der Waals surface area (Å²) in [4.78, 5) is 25.8. The fourth-order valence-electron chi connectivity index (χ4n) is 5.91. The van der Waals surface area contributed by atoms with Gasteiger partial charge in [0, 0.05) is 5.56 Å². The Kier molecular flexibility index (Phi) is 8.08. The molecule has 1 aliphatic heterocycles. The highest BCUT2D eigenvalue weighted by Gasteiger charge is 2.46. The number of nitrogens with one attached hydrogen (secondary N) is 1. The first kappa shape index (κ1) is 29.5. The first-order valence-corrected chi connectivity index (χ1v) is 14.9. The molecular weight excluding hydrogens is 582 g/mol. The molecule has 0 bridgehead atoms. The minimum atomic E-state index is -1.32. The van der Waals surface area contributed by atoms with Crippen LogP contribution >= 0.6 is 0 Å². The Balaban J connectivity index is 1.18. The molecular formula is C36H31N5O5. The van der Waals surface area contributed by atoms with Crippen LogP contribution in [0.5, 0.6) is 0 Å². The van der Waals surface area contributed by atoms with Crippen molar-refractivity contribution in [3.8, 4) is 0 Å². The van der Waals surface area contributed by atoms with Gasteiger partial charge in [0.2, 0.25) is 5.95 Å². The number of nitrogens with zero attached hydrogens (tertiary/aromatic N) is 4. The molecule has 0 unspecified atom stereocenters. The van der Waals surface area contributed by atoms with Crippen LogP contribution in [0.15, 0.2) is 134 Å². The Morgan fingerprint density at radius 3 is 1.89 bits per heavy atom. The molecule has 1 saturated heterocycles. The molecule has 4 aromatic carbocycles. The van der Waals surface area contributed by atoms with E-state index in [0.29, 0.717) is 16.7 Å². The van der Waals surface area contributed by atoms with Crippen molar-refractivity contribution in [2.75, 3.05) is 11.9 Å². The Bertz CT molecular complexity index is 1830. The van der Waals surface area contributed by atoms with Crippen LogP contribution in [0.1, 0.15) is 33.3 Å². The predicted molar refractivity (Wildman–Crippen MR) is 171 cm³/mol. The second-order valence-corrected chi connectivity index (χ2v) is 11.0. The summed E-state index contributed by atoms with van der Waals surface area (Å²) in [5.74, 6) is -0.302. The van der Waals surface area contributed by atoms with E-state index in [1.807, 2.05) is 97.1 Å². The first-order chi connectivity index (χ1) is 22.5. The van der Waals surface area contributed by atoms with Crippen molar-refractivity contribution in [2.45, 2.75) is 30.1 Å². The Morgan fingerprint density at radius 1 is 0.783 bits per heavy atom. The molecule has 0 spiro atoms. The van der Waals surface area contributed by atoms with Gasteiger partial charge in [0.25, 0.3) is 5.91 Å². The zero-order valence-corrected chi connectivity index (χ0v) is 24.6. The topological polar surface area (TPSA) is 132 Å². The minimum absolute atomic E-state index is 0.0482. The van der Waals surface area contributed by atoms with Crippen LogP contribution in [0, 0.1) is 0 Å². The number of carbonyl (C=O) groups is 1. The number of ether oxygens (including phenoxy) is 2. The summed E-state index contributed by atoms with van der Waals surface area (Å²) in [7, 11) is 0. The number of carbonyl (C=O) groups excluding carboxylic acids is 1. The standard InChI is InChI=1S/C36H31N5O5/c42-30-29(22-45-36(25-15-7-2-8-16-25,26-17-9-3-10-18-26)27-19-11-4-12-20-27)46-34(31(30)43)41-23-38-28-21-37-35(39-32(28)41)40-33(44)24-13-5-1-6-14-24/h1-21,23,29-31,34,42-43H,22H2,(H,37,39,40,44)/t29-,30-,31-,34-/m1/s1. The molecule has 0 aliphatic carbocycles. The summed E-state index contributed by atoms with van der Waals surface area (Å²) in [6.07, 6.45) is -1.57. The average molecular weight is 614 g/mol. The van der Waals surface area contributed by atoms with Crippen LogP contribution in [0.2, 0.25) is 0 Å². The lowest BCUT2D eigenvalue weighted by Crippen LogP contribution is -2.39. The number of hydrogen-bond acceptors (Lipinski definition) is 8. The largest absolute Gasteiger partial charge is 0.387 e.